The molecule has 0 bridgehead atoms. The van der Waals surface area contributed by atoms with Crippen molar-refractivity contribution in [2.45, 2.75) is 32.9 Å². The summed E-state index contributed by atoms with van der Waals surface area (Å²) in [4.78, 5) is 0. The second-order valence-electron chi connectivity index (χ2n) is 3.77. The van der Waals surface area contributed by atoms with E-state index < -0.39 is 0 Å². The lowest BCUT2D eigenvalue weighted by Crippen LogP contribution is -2.28. The zero-order valence-corrected chi connectivity index (χ0v) is 8.66. The van der Waals surface area contributed by atoms with Crippen molar-refractivity contribution in [3.8, 4) is 6.07 Å². The van der Waals surface area contributed by atoms with Crippen LogP contribution in [-0.2, 0) is 6.54 Å². The average Bonchev–Trinajstić information content (AvgIpc) is 2.64. The number of nitriles is 1. The van der Waals surface area contributed by atoms with E-state index in [0.29, 0.717) is 12.5 Å². The van der Waals surface area contributed by atoms with Gasteiger partial charge in [0, 0.05) is 0 Å². The Morgan fingerprint density at radius 3 is 2.86 bits per heavy atom. The molecule has 1 aromatic heterocycles. The van der Waals surface area contributed by atoms with E-state index in [2.05, 4.69) is 25.2 Å². The number of rotatable bonds is 5. The quantitative estimate of drug-likeness (QED) is 0.778. The lowest BCUT2D eigenvalue weighted by molar-refractivity contribution is 0.435. The third-order valence-electron chi connectivity index (χ3n) is 1.97. The number of furan rings is 1. The fourth-order valence-corrected chi connectivity index (χ4v) is 1.29. The van der Waals surface area contributed by atoms with Crippen molar-refractivity contribution in [2.24, 2.45) is 5.92 Å². The van der Waals surface area contributed by atoms with Gasteiger partial charge in [0.2, 0.25) is 0 Å². The zero-order valence-electron chi connectivity index (χ0n) is 8.66. The molecule has 0 amide bonds. The minimum atomic E-state index is -0.0832. The van der Waals surface area contributed by atoms with Crippen molar-refractivity contribution >= 4 is 0 Å². The van der Waals surface area contributed by atoms with Gasteiger partial charge in [-0.25, -0.2) is 0 Å². The molecular formula is C11H16N2O. The maximum absolute atomic E-state index is 8.86. The van der Waals surface area contributed by atoms with Gasteiger partial charge >= 0.3 is 0 Å². The highest BCUT2D eigenvalue weighted by molar-refractivity contribution is 4.99. The lowest BCUT2D eigenvalue weighted by atomic mass is 10.1. The van der Waals surface area contributed by atoms with Crippen LogP contribution in [0.3, 0.4) is 0 Å². The van der Waals surface area contributed by atoms with Gasteiger partial charge < -0.3 is 4.42 Å². The molecular weight excluding hydrogens is 176 g/mol. The smallest absolute Gasteiger partial charge is 0.117 e. The molecule has 0 aromatic carbocycles. The fourth-order valence-electron chi connectivity index (χ4n) is 1.29. The van der Waals surface area contributed by atoms with E-state index in [1.54, 1.807) is 6.26 Å². The molecule has 0 aliphatic rings. The molecule has 1 heterocycles. The molecule has 0 spiro atoms. The largest absolute Gasteiger partial charge is 0.468 e. The van der Waals surface area contributed by atoms with Crippen LogP contribution in [0.1, 0.15) is 26.0 Å². The van der Waals surface area contributed by atoms with Crippen LogP contribution in [0.15, 0.2) is 22.8 Å². The van der Waals surface area contributed by atoms with E-state index in [0.717, 1.165) is 12.2 Å². The van der Waals surface area contributed by atoms with Gasteiger partial charge in [0.1, 0.15) is 5.76 Å². The molecule has 1 N–H and O–H groups in total. The molecule has 3 heteroatoms. The molecule has 0 radical (unpaired) electrons. The minimum Gasteiger partial charge on any atom is -0.468 e. The molecule has 0 aliphatic heterocycles. The third-order valence-corrected chi connectivity index (χ3v) is 1.97. The van der Waals surface area contributed by atoms with Gasteiger partial charge in [-0.15, -0.1) is 0 Å². The standard InChI is InChI=1S/C11H16N2O/c1-9(2)6-10(7-12)13-8-11-4-3-5-14-11/h3-5,9-10,13H,6,8H2,1-2H3. The topological polar surface area (TPSA) is 49.0 Å². The zero-order chi connectivity index (χ0) is 10.4. The van der Waals surface area contributed by atoms with Crippen molar-refractivity contribution < 1.29 is 4.42 Å². The van der Waals surface area contributed by atoms with Gasteiger partial charge in [-0.05, 0) is 24.5 Å². The van der Waals surface area contributed by atoms with Gasteiger partial charge in [0.15, 0.2) is 0 Å². The fraction of sp³-hybridized carbons (Fsp3) is 0.545. The number of hydrogen-bond donors (Lipinski definition) is 1. The minimum absolute atomic E-state index is 0.0832. The Bertz CT molecular complexity index is 285. The normalized spacial score (nSPS) is 12.7. The van der Waals surface area contributed by atoms with Gasteiger partial charge in [-0.3, -0.25) is 5.32 Å². The molecule has 14 heavy (non-hydrogen) atoms. The van der Waals surface area contributed by atoms with E-state index in [4.69, 9.17) is 9.68 Å². The highest BCUT2D eigenvalue weighted by Crippen LogP contribution is 2.05. The number of hydrogen-bond acceptors (Lipinski definition) is 3. The van der Waals surface area contributed by atoms with Crippen molar-refractivity contribution in [1.29, 1.82) is 5.26 Å². The van der Waals surface area contributed by atoms with E-state index in [-0.39, 0.29) is 6.04 Å². The first-order chi connectivity index (χ1) is 6.72. The Labute approximate surface area is 84.7 Å². The lowest BCUT2D eigenvalue weighted by Gasteiger charge is -2.12. The summed E-state index contributed by atoms with van der Waals surface area (Å²) >= 11 is 0. The highest BCUT2D eigenvalue weighted by atomic mass is 16.3. The highest BCUT2D eigenvalue weighted by Gasteiger charge is 2.09. The molecule has 1 aromatic rings. The van der Waals surface area contributed by atoms with Gasteiger partial charge in [-0.2, -0.15) is 5.26 Å². The Balaban J connectivity index is 2.32. The summed E-state index contributed by atoms with van der Waals surface area (Å²) in [6, 6.07) is 5.91. The molecule has 1 atom stereocenters. The molecule has 1 rings (SSSR count). The predicted octanol–water partition coefficient (Wildman–Crippen LogP) is 2.31. The molecule has 0 aliphatic carbocycles. The van der Waals surface area contributed by atoms with Crippen LogP contribution in [0, 0.1) is 17.2 Å². The maximum Gasteiger partial charge on any atom is 0.117 e. The molecule has 1 unspecified atom stereocenters. The van der Waals surface area contributed by atoms with Crippen molar-refractivity contribution in [1.82, 2.24) is 5.32 Å². The summed E-state index contributed by atoms with van der Waals surface area (Å²) in [7, 11) is 0. The van der Waals surface area contributed by atoms with Crippen LogP contribution < -0.4 is 5.32 Å². The van der Waals surface area contributed by atoms with Crippen LogP contribution >= 0.6 is 0 Å². The predicted molar refractivity (Wildman–Crippen MR) is 54.4 cm³/mol. The van der Waals surface area contributed by atoms with E-state index >= 15 is 0 Å². The van der Waals surface area contributed by atoms with Gasteiger partial charge in [-0.1, -0.05) is 13.8 Å². The van der Waals surface area contributed by atoms with Crippen molar-refractivity contribution in [3.05, 3.63) is 24.2 Å². The summed E-state index contributed by atoms with van der Waals surface area (Å²) in [5.41, 5.74) is 0. The first-order valence-electron chi connectivity index (χ1n) is 4.87. The first kappa shape index (κ1) is 10.8. The number of nitrogens with one attached hydrogen (secondary N) is 1. The number of nitrogens with zero attached hydrogens (tertiary/aromatic N) is 1. The van der Waals surface area contributed by atoms with Crippen molar-refractivity contribution in [3.63, 3.8) is 0 Å². The van der Waals surface area contributed by atoms with Gasteiger partial charge in [0.05, 0.1) is 24.9 Å². The monoisotopic (exact) mass is 192 g/mol. The summed E-state index contributed by atoms with van der Waals surface area (Å²) < 4.78 is 5.16. The molecule has 0 saturated heterocycles. The van der Waals surface area contributed by atoms with E-state index in [1.165, 1.54) is 0 Å². The average molecular weight is 192 g/mol. The van der Waals surface area contributed by atoms with E-state index in [9.17, 15) is 0 Å². The molecule has 0 saturated carbocycles. The Morgan fingerprint density at radius 2 is 2.36 bits per heavy atom. The molecule has 0 fully saturated rings. The van der Waals surface area contributed by atoms with Crippen LogP contribution in [0.25, 0.3) is 0 Å². The first-order valence-corrected chi connectivity index (χ1v) is 4.87. The second kappa shape index (κ2) is 5.46. The Hall–Kier alpha value is -1.27. The summed E-state index contributed by atoms with van der Waals surface area (Å²) in [6.07, 6.45) is 2.51. The molecule has 3 nitrogen and oxygen atoms in total. The third kappa shape index (κ3) is 3.63. The SMILES string of the molecule is CC(C)CC(C#N)NCc1ccco1. The van der Waals surface area contributed by atoms with Crippen molar-refractivity contribution in [2.75, 3.05) is 0 Å². The van der Waals surface area contributed by atoms with Crippen LogP contribution in [0.5, 0.6) is 0 Å². The second-order valence-corrected chi connectivity index (χ2v) is 3.77. The Morgan fingerprint density at radius 1 is 1.57 bits per heavy atom. The maximum atomic E-state index is 8.86. The van der Waals surface area contributed by atoms with Crippen LogP contribution in [-0.4, -0.2) is 6.04 Å². The van der Waals surface area contributed by atoms with Gasteiger partial charge in [0.25, 0.3) is 0 Å². The Kier molecular flexibility index (Phi) is 4.21. The summed E-state index contributed by atoms with van der Waals surface area (Å²) in [6.45, 7) is 4.84. The van der Waals surface area contributed by atoms with Crippen LogP contribution in [0.4, 0.5) is 0 Å². The summed E-state index contributed by atoms with van der Waals surface area (Å²) in [5.74, 6) is 1.40. The molecule has 76 valence electrons. The van der Waals surface area contributed by atoms with Crippen LogP contribution in [0.2, 0.25) is 0 Å². The van der Waals surface area contributed by atoms with E-state index in [1.807, 2.05) is 12.1 Å². The summed E-state index contributed by atoms with van der Waals surface area (Å²) in [5, 5.41) is 12.0.